The summed E-state index contributed by atoms with van der Waals surface area (Å²) in [5, 5.41) is 6.10. The first-order valence-corrected chi connectivity index (χ1v) is 5.03. The number of nitrogens with one attached hydrogen (secondary N) is 2. The molecule has 1 unspecified atom stereocenters. The Morgan fingerprint density at radius 3 is 2.81 bits per heavy atom. The molecule has 1 amide bonds. The van der Waals surface area contributed by atoms with Crippen LogP contribution >= 0.6 is 0 Å². The Labute approximate surface area is 92.3 Å². The number of para-hydroxylation sites is 1. The molecule has 4 heteroatoms. The van der Waals surface area contributed by atoms with E-state index >= 15 is 0 Å². The van der Waals surface area contributed by atoms with E-state index in [4.69, 9.17) is 4.42 Å². The fourth-order valence-corrected chi connectivity index (χ4v) is 1.81. The lowest BCUT2D eigenvalue weighted by Gasteiger charge is -2.26. The van der Waals surface area contributed by atoms with Crippen LogP contribution < -0.4 is 10.6 Å². The van der Waals surface area contributed by atoms with Crippen molar-refractivity contribution in [2.24, 2.45) is 0 Å². The van der Waals surface area contributed by atoms with Crippen LogP contribution in [0.15, 0.2) is 47.3 Å². The molecule has 0 bridgehead atoms. The van der Waals surface area contributed by atoms with Gasteiger partial charge in [-0.2, -0.15) is 0 Å². The number of fused-ring (bicyclic) bond motifs is 1. The second kappa shape index (κ2) is 3.41. The van der Waals surface area contributed by atoms with E-state index in [-0.39, 0.29) is 12.1 Å². The van der Waals surface area contributed by atoms with Gasteiger partial charge >= 0.3 is 0 Å². The molecule has 4 nitrogen and oxygen atoms in total. The highest BCUT2D eigenvalue weighted by atomic mass is 16.3. The van der Waals surface area contributed by atoms with Gasteiger partial charge in [0.2, 0.25) is 0 Å². The van der Waals surface area contributed by atoms with E-state index in [9.17, 15) is 4.79 Å². The average Bonchev–Trinajstić information content (AvgIpc) is 2.82. The Balaban J connectivity index is 1.98. The molecule has 1 aromatic heterocycles. The second-order valence-electron chi connectivity index (χ2n) is 3.65. The quantitative estimate of drug-likeness (QED) is 0.764. The molecule has 16 heavy (non-hydrogen) atoms. The van der Waals surface area contributed by atoms with Crippen molar-refractivity contribution < 1.29 is 9.21 Å². The molecule has 1 aliphatic rings. The third-order valence-corrected chi connectivity index (χ3v) is 2.62. The summed E-state index contributed by atoms with van der Waals surface area (Å²) in [6.07, 6.45) is 2.98. The summed E-state index contributed by atoms with van der Waals surface area (Å²) in [6, 6.07) is 9.26. The summed E-state index contributed by atoms with van der Waals surface area (Å²) in [5.41, 5.74) is 2.42. The van der Waals surface area contributed by atoms with E-state index < -0.39 is 0 Å². The first kappa shape index (κ1) is 9.03. The van der Waals surface area contributed by atoms with Gasteiger partial charge in [0.1, 0.15) is 6.17 Å². The maximum absolute atomic E-state index is 11.8. The third kappa shape index (κ3) is 1.35. The van der Waals surface area contributed by atoms with E-state index in [1.165, 1.54) is 0 Å². The zero-order valence-electron chi connectivity index (χ0n) is 8.44. The van der Waals surface area contributed by atoms with Gasteiger partial charge in [-0.1, -0.05) is 12.1 Å². The molecule has 1 atom stereocenters. The molecule has 2 N–H and O–H groups in total. The van der Waals surface area contributed by atoms with Crippen molar-refractivity contribution in [1.82, 2.24) is 5.32 Å². The van der Waals surface area contributed by atoms with Gasteiger partial charge in [0.05, 0.1) is 18.1 Å². The third-order valence-electron chi connectivity index (χ3n) is 2.62. The Kier molecular flexibility index (Phi) is 1.93. The first-order valence-electron chi connectivity index (χ1n) is 5.03. The number of benzene rings is 1. The van der Waals surface area contributed by atoms with E-state index in [0.29, 0.717) is 5.56 Å². The molecule has 0 radical (unpaired) electrons. The van der Waals surface area contributed by atoms with Crippen LogP contribution in [0.1, 0.15) is 22.1 Å². The molecule has 0 fully saturated rings. The normalized spacial score (nSPS) is 18.5. The predicted molar refractivity (Wildman–Crippen MR) is 59.0 cm³/mol. The highest BCUT2D eigenvalue weighted by Gasteiger charge is 2.24. The van der Waals surface area contributed by atoms with E-state index in [2.05, 4.69) is 10.6 Å². The molecular formula is C12H10N2O2. The topological polar surface area (TPSA) is 54.3 Å². The number of rotatable bonds is 1. The molecule has 0 spiro atoms. The maximum atomic E-state index is 11.8. The molecule has 2 aromatic rings. The standard InChI is InChI=1S/C12H10N2O2/c15-12-9-3-1-2-4-10(9)13-11(14-12)8-5-6-16-7-8/h1-7,11,13H,(H,14,15). The van der Waals surface area contributed by atoms with Crippen molar-refractivity contribution >= 4 is 11.6 Å². The molecule has 1 aliphatic heterocycles. The maximum Gasteiger partial charge on any atom is 0.255 e. The smallest absolute Gasteiger partial charge is 0.255 e. The highest BCUT2D eigenvalue weighted by Crippen LogP contribution is 2.26. The number of amides is 1. The summed E-state index contributed by atoms with van der Waals surface area (Å²) >= 11 is 0. The van der Waals surface area contributed by atoms with Gasteiger partial charge in [-0.3, -0.25) is 4.79 Å². The highest BCUT2D eigenvalue weighted by molar-refractivity contribution is 6.01. The lowest BCUT2D eigenvalue weighted by molar-refractivity contribution is 0.0935. The number of carbonyl (C=O) groups excluding carboxylic acids is 1. The Morgan fingerprint density at radius 2 is 2.00 bits per heavy atom. The van der Waals surface area contributed by atoms with E-state index in [1.54, 1.807) is 18.6 Å². The predicted octanol–water partition coefficient (Wildman–Crippen LogP) is 2.13. The van der Waals surface area contributed by atoms with Crippen LogP contribution in [-0.4, -0.2) is 5.91 Å². The van der Waals surface area contributed by atoms with Crippen molar-refractivity contribution in [3.05, 3.63) is 54.0 Å². The number of hydrogen-bond donors (Lipinski definition) is 2. The van der Waals surface area contributed by atoms with E-state index in [0.717, 1.165) is 11.3 Å². The first-order chi connectivity index (χ1) is 7.84. The van der Waals surface area contributed by atoms with Crippen molar-refractivity contribution in [3.8, 4) is 0 Å². The molecule has 80 valence electrons. The van der Waals surface area contributed by atoms with Gasteiger partial charge in [0.25, 0.3) is 5.91 Å². The van der Waals surface area contributed by atoms with Crippen molar-refractivity contribution in [1.29, 1.82) is 0 Å². The van der Waals surface area contributed by atoms with Crippen LogP contribution in [0.4, 0.5) is 5.69 Å². The minimum atomic E-state index is -0.221. The van der Waals surface area contributed by atoms with E-state index in [1.807, 2.05) is 24.3 Å². The number of furan rings is 1. The summed E-state index contributed by atoms with van der Waals surface area (Å²) in [6.45, 7) is 0. The van der Waals surface area contributed by atoms with Gasteiger partial charge in [-0.15, -0.1) is 0 Å². The van der Waals surface area contributed by atoms with Crippen LogP contribution in [0.25, 0.3) is 0 Å². The number of anilines is 1. The molecule has 3 rings (SSSR count). The van der Waals surface area contributed by atoms with Gasteiger partial charge in [0, 0.05) is 11.3 Å². The molecule has 1 aromatic carbocycles. The van der Waals surface area contributed by atoms with Gasteiger partial charge in [-0.25, -0.2) is 0 Å². The van der Waals surface area contributed by atoms with Crippen molar-refractivity contribution in [2.75, 3.05) is 5.32 Å². The Bertz CT molecular complexity index is 520. The molecule has 0 aliphatic carbocycles. The SMILES string of the molecule is O=C1NC(c2ccoc2)Nc2ccccc21. The monoisotopic (exact) mass is 214 g/mol. The molecule has 0 saturated carbocycles. The van der Waals surface area contributed by atoms with Crippen molar-refractivity contribution in [2.45, 2.75) is 6.17 Å². The van der Waals surface area contributed by atoms with Crippen LogP contribution in [0.3, 0.4) is 0 Å². The fraction of sp³-hybridized carbons (Fsp3) is 0.0833. The van der Waals surface area contributed by atoms with Gasteiger partial charge in [-0.05, 0) is 18.2 Å². The van der Waals surface area contributed by atoms with Gasteiger partial charge in [0.15, 0.2) is 0 Å². The Hall–Kier alpha value is -2.23. The van der Waals surface area contributed by atoms with Gasteiger partial charge < -0.3 is 15.1 Å². The minimum Gasteiger partial charge on any atom is -0.472 e. The fourth-order valence-electron chi connectivity index (χ4n) is 1.81. The minimum absolute atomic E-state index is 0.0689. The summed E-state index contributed by atoms with van der Waals surface area (Å²) in [5.74, 6) is -0.0689. The Morgan fingerprint density at radius 1 is 1.12 bits per heavy atom. The molecular weight excluding hydrogens is 204 g/mol. The molecule has 0 saturated heterocycles. The number of hydrogen-bond acceptors (Lipinski definition) is 3. The zero-order valence-corrected chi connectivity index (χ0v) is 8.44. The number of carbonyl (C=O) groups is 1. The van der Waals surface area contributed by atoms with Crippen LogP contribution in [-0.2, 0) is 0 Å². The lowest BCUT2D eigenvalue weighted by atomic mass is 10.1. The summed E-state index contributed by atoms with van der Waals surface area (Å²) in [4.78, 5) is 11.8. The van der Waals surface area contributed by atoms with Crippen LogP contribution in [0, 0.1) is 0 Å². The van der Waals surface area contributed by atoms with Crippen LogP contribution in [0.2, 0.25) is 0 Å². The largest absolute Gasteiger partial charge is 0.472 e. The average molecular weight is 214 g/mol. The zero-order chi connectivity index (χ0) is 11.0. The van der Waals surface area contributed by atoms with Crippen molar-refractivity contribution in [3.63, 3.8) is 0 Å². The molecule has 2 heterocycles. The summed E-state index contributed by atoms with van der Waals surface area (Å²) < 4.78 is 5.00. The summed E-state index contributed by atoms with van der Waals surface area (Å²) in [7, 11) is 0. The second-order valence-corrected chi connectivity index (χ2v) is 3.65. The van der Waals surface area contributed by atoms with Crippen LogP contribution in [0.5, 0.6) is 0 Å². The lowest BCUT2D eigenvalue weighted by Crippen LogP contribution is -2.38.